The maximum Gasteiger partial charge on any atom is 0.417 e. The molecule has 0 spiro atoms. The second-order valence-electron chi connectivity index (χ2n) is 6.69. The number of alkyl halides is 3. The van der Waals surface area contributed by atoms with Crippen LogP contribution in [0.1, 0.15) is 21.5 Å². The molecule has 1 aromatic heterocycles. The van der Waals surface area contributed by atoms with Crippen LogP contribution in [0, 0.1) is 0 Å². The number of carbonyl (C=O) groups is 1. The minimum absolute atomic E-state index is 0.0336. The second-order valence-corrected chi connectivity index (χ2v) is 6.69. The van der Waals surface area contributed by atoms with E-state index in [1.54, 1.807) is 7.05 Å². The summed E-state index contributed by atoms with van der Waals surface area (Å²) in [5.41, 5.74) is 6.04. The van der Waals surface area contributed by atoms with Crippen molar-refractivity contribution in [3.8, 4) is 11.3 Å². The average Bonchev–Trinajstić information content (AvgIpc) is 3.12. The molecule has 0 aliphatic carbocycles. The Labute approximate surface area is 166 Å². The van der Waals surface area contributed by atoms with E-state index >= 15 is 0 Å². The SMILES string of the molecule is Cn1nccc1-c1ccc(C(=O)NC(CN)Cc2ccccc2)cc1C(F)(F)F. The van der Waals surface area contributed by atoms with Crippen molar-refractivity contribution in [1.29, 1.82) is 0 Å². The fourth-order valence-electron chi connectivity index (χ4n) is 3.14. The van der Waals surface area contributed by atoms with Crippen LogP contribution in [0.25, 0.3) is 11.3 Å². The number of hydrogen-bond acceptors (Lipinski definition) is 3. The minimum atomic E-state index is -4.62. The van der Waals surface area contributed by atoms with Gasteiger partial charge in [0, 0.05) is 37.0 Å². The Bertz CT molecular complexity index is 983. The van der Waals surface area contributed by atoms with Crippen molar-refractivity contribution < 1.29 is 18.0 Å². The number of amides is 1. The lowest BCUT2D eigenvalue weighted by molar-refractivity contribution is -0.137. The van der Waals surface area contributed by atoms with Crippen molar-refractivity contribution in [1.82, 2.24) is 15.1 Å². The van der Waals surface area contributed by atoms with Crippen LogP contribution in [0.3, 0.4) is 0 Å². The summed E-state index contributed by atoms with van der Waals surface area (Å²) in [5.74, 6) is -0.599. The van der Waals surface area contributed by atoms with E-state index in [0.29, 0.717) is 12.1 Å². The fraction of sp³-hybridized carbons (Fsp3) is 0.238. The number of rotatable bonds is 6. The number of hydrogen-bond donors (Lipinski definition) is 2. The van der Waals surface area contributed by atoms with Gasteiger partial charge in [0.15, 0.2) is 0 Å². The van der Waals surface area contributed by atoms with Gasteiger partial charge >= 0.3 is 6.18 Å². The lowest BCUT2D eigenvalue weighted by atomic mass is 9.99. The van der Waals surface area contributed by atoms with Crippen LogP contribution in [0.4, 0.5) is 13.2 Å². The summed E-state index contributed by atoms with van der Waals surface area (Å²) in [5, 5.41) is 6.65. The molecule has 0 aliphatic heterocycles. The van der Waals surface area contributed by atoms with Crippen molar-refractivity contribution >= 4 is 5.91 Å². The Morgan fingerprint density at radius 3 is 2.48 bits per heavy atom. The Kier molecular flexibility index (Phi) is 6.03. The van der Waals surface area contributed by atoms with Crippen LogP contribution in [-0.4, -0.2) is 28.3 Å². The van der Waals surface area contributed by atoms with Gasteiger partial charge in [0.25, 0.3) is 5.91 Å². The van der Waals surface area contributed by atoms with Crippen molar-refractivity contribution in [2.24, 2.45) is 12.8 Å². The fourth-order valence-corrected chi connectivity index (χ4v) is 3.14. The van der Waals surface area contributed by atoms with Gasteiger partial charge in [-0.1, -0.05) is 36.4 Å². The standard InChI is InChI=1S/C21H21F3N4O/c1-28-19(9-10-26-28)17-8-7-15(12-18(17)21(22,23)24)20(29)27-16(13-25)11-14-5-3-2-4-6-14/h2-10,12,16H,11,13,25H2,1H3,(H,27,29). The minimum Gasteiger partial charge on any atom is -0.348 e. The van der Waals surface area contributed by atoms with Gasteiger partial charge < -0.3 is 11.1 Å². The first-order valence-corrected chi connectivity index (χ1v) is 9.04. The zero-order chi connectivity index (χ0) is 21.0. The Morgan fingerprint density at radius 1 is 1.17 bits per heavy atom. The molecule has 1 heterocycles. The number of halogens is 3. The molecule has 1 amide bonds. The van der Waals surface area contributed by atoms with Crippen LogP contribution < -0.4 is 11.1 Å². The molecule has 152 valence electrons. The smallest absolute Gasteiger partial charge is 0.348 e. The van der Waals surface area contributed by atoms with Crippen molar-refractivity contribution in [3.63, 3.8) is 0 Å². The summed E-state index contributed by atoms with van der Waals surface area (Å²) < 4.78 is 42.3. The van der Waals surface area contributed by atoms with Gasteiger partial charge in [-0.05, 0) is 30.2 Å². The number of nitrogens with two attached hydrogens (primary N) is 1. The number of nitrogens with zero attached hydrogens (tertiary/aromatic N) is 2. The largest absolute Gasteiger partial charge is 0.417 e. The first-order chi connectivity index (χ1) is 13.8. The van der Waals surface area contributed by atoms with E-state index in [-0.39, 0.29) is 17.7 Å². The molecule has 8 heteroatoms. The molecule has 0 aliphatic rings. The molecule has 0 saturated carbocycles. The van der Waals surface area contributed by atoms with Gasteiger partial charge in [-0.15, -0.1) is 0 Å². The molecule has 0 fully saturated rings. The third-order valence-electron chi connectivity index (χ3n) is 4.63. The molecule has 0 radical (unpaired) electrons. The maximum absolute atomic E-state index is 13.7. The van der Waals surface area contributed by atoms with Crippen LogP contribution in [0.5, 0.6) is 0 Å². The number of aromatic nitrogens is 2. The van der Waals surface area contributed by atoms with E-state index < -0.39 is 23.7 Å². The zero-order valence-corrected chi connectivity index (χ0v) is 15.8. The highest BCUT2D eigenvalue weighted by Crippen LogP contribution is 2.37. The topological polar surface area (TPSA) is 72.9 Å². The quantitative estimate of drug-likeness (QED) is 0.664. The zero-order valence-electron chi connectivity index (χ0n) is 15.8. The molecule has 29 heavy (non-hydrogen) atoms. The lowest BCUT2D eigenvalue weighted by Gasteiger charge is -2.18. The van der Waals surface area contributed by atoms with Gasteiger partial charge in [-0.3, -0.25) is 9.48 Å². The third-order valence-corrected chi connectivity index (χ3v) is 4.63. The van der Waals surface area contributed by atoms with E-state index in [9.17, 15) is 18.0 Å². The van der Waals surface area contributed by atoms with Gasteiger partial charge in [0.1, 0.15) is 0 Å². The van der Waals surface area contributed by atoms with Gasteiger partial charge in [-0.25, -0.2) is 0 Å². The third kappa shape index (κ3) is 4.83. The van der Waals surface area contributed by atoms with E-state index in [4.69, 9.17) is 5.73 Å². The molecule has 5 nitrogen and oxygen atoms in total. The summed E-state index contributed by atoms with van der Waals surface area (Å²) in [7, 11) is 1.56. The summed E-state index contributed by atoms with van der Waals surface area (Å²) in [6, 6.07) is 14.1. The molecule has 3 rings (SSSR count). The highest BCUT2D eigenvalue weighted by molar-refractivity contribution is 5.95. The van der Waals surface area contributed by atoms with Gasteiger partial charge in [0.05, 0.1) is 11.3 Å². The summed E-state index contributed by atoms with van der Waals surface area (Å²) in [6.45, 7) is 0.167. The molecular formula is C21H21F3N4O. The Balaban J connectivity index is 1.86. The molecule has 0 saturated heterocycles. The molecule has 1 unspecified atom stereocenters. The number of carbonyl (C=O) groups excluding carboxylic acids is 1. The van der Waals surface area contributed by atoms with Crippen LogP contribution in [0.2, 0.25) is 0 Å². The Morgan fingerprint density at radius 2 is 1.90 bits per heavy atom. The predicted molar refractivity (Wildman–Crippen MR) is 104 cm³/mol. The lowest BCUT2D eigenvalue weighted by Crippen LogP contribution is -2.41. The van der Waals surface area contributed by atoms with Crippen LogP contribution in [-0.2, 0) is 19.6 Å². The number of benzene rings is 2. The highest BCUT2D eigenvalue weighted by atomic mass is 19.4. The highest BCUT2D eigenvalue weighted by Gasteiger charge is 2.35. The van der Waals surface area contributed by atoms with E-state index in [1.165, 1.54) is 29.1 Å². The first-order valence-electron chi connectivity index (χ1n) is 9.04. The van der Waals surface area contributed by atoms with Crippen molar-refractivity contribution in [2.45, 2.75) is 18.6 Å². The second kappa shape index (κ2) is 8.48. The van der Waals surface area contributed by atoms with E-state index in [2.05, 4.69) is 10.4 Å². The van der Waals surface area contributed by atoms with Crippen molar-refractivity contribution in [2.75, 3.05) is 6.54 Å². The summed E-state index contributed by atoms with van der Waals surface area (Å²) in [6.07, 6.45) is -2.71. The van der Waals surface area contributed by atoms with E-state index in [1.807, 2.05) is 30.3 Å². The van der Waals surface area contributed by atoms with Crippen molar-refractivity contribution in [3.05, 3.63) is 77.5 Å². The molecular weight excluding hydrogens is 381 g/mol. The summed E-state index contributed by atoms with van der Waals surface area (Å²) >= 11 is 0. The average molecular weight is 402 g/mol. The Hall–Kier alpha value is -3.13. The monoisotopic (exact) mass is 402 g/mol. The van der Waals surface area contributed by atoms with Crippen LogP contribution in [0.15, 0.2) is 60.8 Å². The van der Waals surface area contributed by atoms with Crippen LogP contribution >= 0.6 is 0 Å². The molecule has 3 N–H and O–H groups in total. The summed E-state index contributed by atoms with van der Waals surface area (Å²) in [4.78, 5) is 12.6. The van der Waals surface area contributed by atoms with Gasteiger partial charge in [0.2, 0.25) is 0 Å². The molecule has 2 aromatic carbocycles. The first kappa shape index (κ1) is 20.6. The predicted octanol–water partition coefficient (Wildman–Crippen LogP) is 3.41. The normalized spacial score (nSPS) is 12.6. The number of nitrogens with one attached hydrogen (secondary N) is 1. The van der Waals surface area contributed by atoms with Gasteiger partial charge in [-0.2, -0.15) is 18.3 Å². The van der Waals surface area contributed by atoms with E-state index in [0.717, 1.165) is 11.6 Å². The molecule has 3 aromatic rings. The molecule has 1 atom stereocenters. The number of aryl methyl sites for hydroxylation is 1. The maximum atomic E-state index is 13.7. The molecule has 0 bridgehead atoms.